The molecule has 20 heavy (non-hydrogen) atoms. The molecule has 0 N–H and O–H groups in total. The van der Waals surface area contributed by atoms with Crippen LogP contribution in [0.3, 0.4) is 0 Å². The molecule has 1 saturated heterocycles. The molecule has 0 radical (unpaired) electrons. The molecular formula is C15H22O5. The van der Waals surface area contributed by atoms with Gasteiger partial charge in [-0.1, -0.05) is 30.3 Å². The second kappa shape index (κ2) is 7.15. The summed E-state index contributed by atoms with van der Waals surface area (Å²) in [6, 6.07) is 9.91. The molecule has 1 aromatic carbocycles. The van der Waals surface area contributed by atoms with Gasteiger partial charge in [0.25, 0.3) is 0 Å². The summed E-state index contributed by atoms with van der Waals surface area (Å²) in [4.78, 5) is 0. The van der Waals surface area contributed by atoms with Crippen LogP contribution in [-0.4, -0.2) is 53.0 Å². The van der Waals surface area contributed by atoms with E-state index in [1.54, 1.807) is 28.4 Å². The van der Waals surface area contributed by atoms with Crippen molar-refractivity contribution in [2.24, 2.45) is 0 Å². The number of hydrogen-bond donors (Lipinski definition) is 0. The van der Waals surface area contributed by atoms with Crippen LogP contribution in [0.15, 0.2) is 30.3 Å². The molecule has 1 heterocycles. The smallest absolute Gasteiger partial charge is 0.186 e. The third kappa shape index (κ3) is 2.87. The van der Waals surface area contributed by atoms with Gasteiger partial charge in [0.2, 0.25) is 0 Å². The first kappa shape index (κ1) is 15.4. The Bertz CT molecular complexity index is 397. The number of rotatable bonds is 5. The lowest BCUT2D eigenvalue weighted by molar-refractivity contribution is -0.305. The zero-order valence-electron chi connectivity index (χ0n) is 12.3. The van der Waals surface area contributed by atoms with Gasteiger partial charge in [-0.05, 0) is 5.56 Å². The van der Waals surface area contributed by atoms with Crippen molar-refractivity contribution in [3.8, 4) is 0 Å². The first-order chi connectivity index (χ1) is 9.76. The highest BCUT2D eigenvalue weighted by Crippen LogP contribution is 2.36. The molecule has 0 bridgehead atoms. The molecule has 5 nitrogen and oxygen atoms in total. The topological polar surface area (TPSA) is 46.2 Å². The summed E-state index contributed by atoms with van der Waals surface area (Å²) in [6.07, 6.45) is -1.63. The minimum atomic E-state index is -0.499. The third-order valence-corrected chi connectivity index (χ3v) is 3.67. The molecule has 0 saturated carbocycles. The summed E-state index contributed by atoms with van der Waals surface area (Å²) in [5.41, 5.74) is 1.03. The maximum Gasteiger partial charge on any atom is 0.186 e. The van der Waals surface area contributed by atoms with E-state index in [1.165, 1.54) is 0 Å². The first-order valence-electron chi connectivity index (χ1n) is 6.58. The number of methoxy groups -OCH3 is 4. The van der Waals surface area contributed by atoms with E-state index in [9.17, 15) is 0 Å². The predicted octanol–water partition coefficient (Wildman–Crippen LogP) is 1.78. The van der Waals surface area contributed by atoms with E-state index in [1.807, 2.05) is 30.3 Å². The minimum absolute atomic E-state index is 0.262. The van der Waals surface area contributed by atoms with Crippen LogP contribution in [0.25, 0.3) is 0 Å². The van der Waals surface area contributed by atoms with Crippen LogP contribution in [0.4, 0.5) is 0 Å². The van der Waals surface area contributed by atoms with E-state index in [4.69, 9.17) is 23.7 Å². The maximum atomic E-state index is 6.01. The zero-order valence-corrected chi connectivity index (χ0v) is 12.3. The standard InChI is InChI=1S/C15H22O5/c1-16-12-11(10-8-6-5-7-9-10)20-15(19-4)14(18-3)13(12)17-2/h5-9,11-15H,1-4H3/t11-,12-,13+,14-,15+/m1/s1. The highest BCUT2D eigenvalue weighted by Gasteiger charge is 2.47. The van der Waals surface area contributed by atoms with Gasteiger partial charge in [-0.2, -0.15) is 0 Å². The summed E-state index contributed by atoms with van der Waals surface area (Å²) in [7, 11) is 6.50. The molecule has 0 aromatic heterocycles. The first-order valence-corrected chi connectivity index (χ1v) is 6.58. The molecule has 0 unspecified atom stereocenters. The molecule has 1 fully saturated rings. The van der Waals surface area contributed by atoms with Gasteiger partial charge in [0.1, 0.15) is 24.4 Å². The molecule has 2 rings (SSSR count). The molecule has 5 heteroatoms. The predicted molar refractivity (Wildman–Crippen MR) is 73.5 cm³/mol. The largest absolute Gasteiger partial charge is 0.376 e. The zero-order chi connectivity index (χ0) is 14.5. The highest BCUT2D eigenvalue weighted by molar-refractivity contribution is 5.20. The van der Waals surface area contributed by atoms with Gasteiger partial charge in [0.05, 0.1) is 0 Å². The molecular weight excluding hydrogens is 260 g/mol. The van der Waals surface area contributed by atoms with Crippen LogP contribution in [0.1, 0.15) is 11.7 Å². The highest BCUT2D eigenvalue weighted by atomic mass is 16.7. The molecule has 1 aliphatic rings. The molecule has 0 amide bonds. The Labute approximate surface area is 119 Å². The van der Waals surface area contributed by atoms with E-state index in [-0.39, 0.29) is 24.4 Å². The Morgan fingerprint density at radius 2 is 1.35 bits per heavy atom. The third-order valence-electron chi connectivity index (χ3n) is 3.67. The molecule has 1 aromatic rings. The molecule has 5 atom stereocenters. The second-order valence-corrected chi connectivity index (χ2v) is 4.67. The normalized spacial score (nSPS) is 34.1. The Morgan fingerprint density at radius 1 is 0.750 bits per heavy atom. The monoisotopic (exact) mass is 282 g/mol. The van der Waals surface area contributed by atoms with Gasteiger partial charge in [0, 0.05) is 28.4 Å². The van der Waals surface area contributed by atoms with Crippen LogP contribution in [-0.2, 0) is 23.7 Å². The maximum absolute atomic E-state index is 6.01. The fraction of sp³-hybridized carbons (Fsp3) is 0.600. The van der Waals surface area contributed by atoms with Crippen molar-refractivity contribution >= 4 is 0 Å². The van der Waals surface area contributed by atoms with Crippen LogP contribution in [0, 0.1) is 0 Å². The second-order valence-electron chi connectivity index (χ2n) is 4.67. The van der Waals surface area contributed by atoms with Crippen LogP contribution < -0.4 is 0 Å². The minimum Gasteiger partial charge on any atom is -0.376 e. The molecule has 1 aliphatic heterocycles. The van der Waals surface area contributed by atoms with Gasteiger partial charge in [-0.25, -0.2) is 0 Å². The summed E-state index contributed by atoms with van der Waals surface area (Å²) in [5.74, 6) is 0. The van der Waals surface area contributed by atoms with Crippen molar-refractivity contribution in [1.82, 2.24) is 0 Å². The average molecular weight is 282 g/mol. The Kier molecular flexibility index (Phi) is 5.51. The Hall–Kier alpha value is -0.980. The summed E-state index contributed by atoms with van der Waals surface area (Å²) in [5, 5.41) is 0. The van der Waals surface area contributed by atoms with Gasteiger partial charge < -0.3 is 23.7 Å². The van der Waals surface area contributed by atoms with Gasteiger partial charge in [0.15, 0.2) is 6.29 Å². The summed E-state index contributed by atoms with van der Waals surface area (Å²) < 4.78 is 28.0. The molecule has 0 spiro atoms. The number of benzene rings is 1. The lowest BCUT2D eigenvalue weighted by atomic mass is 9.93. The lowest BCUT2D eigenvalue weighted by Crippen LogP contribution is -2.56. The van der Waals surface area contributed by atoms with Crippen LogP contribution >= 0.6 is 0 Å². The lowest BCUT2D eigenvalue weighted by Gasteiger charge is -2.44. The van der Waals surface area contributed by atoms with Crippen molar-refractivity contribution in [2.75, 3.05) is 28.4 Å². The van der Waals surface area contributed by atoms with Crippen molar-refractivity contribution in [2.45, 2.75) is 30.7 Å². The van der Waals surface area contributed by atoms with E-state index in [0.29, 0.717) is 0 Å². The number of hydrogen-bond acceptors (Lipinski definition) is 5. The average Bonchev–Trinajstić information content (AvgIpc) is 2.53. The quantitative estimate of drug-likeness (QED) is 0.823. The molecule has 112 valence electrons. The fourth-order valence-corrected chi connectivity index (χ4v) is 2.69. The van der Waals surface area contributed by atoms with Crippen molar-refractivity contribution in [3.05, 3.63) is 35.9 Å². The van der Waals surface area contributed by atoms with E-state index in [2.05, 4.69) is 0 Å². The Balaban J connectivity index is 2.31. The van der Waals surface area contributed by atoms with Gasteiger partial charge in [-0.15, -0.1) is 0 Å². The summed E-state index contributed by atoms with van der Waals surface area (Å²) >= 11 is 0. The SMILES string of the molecule is CO[C@H]1O[C@H](c2ccccc2)[C@@H](OC)[C@H](OC)[C@H]1OC. The van der Waals surface area contributed by atoms with E-state index < -0.39 is 6.29 Å². The van der Waals surface area contributed by atoms with Gasteiger partial charge >= 0.3 is 0 Å². The summed E-state index contributed by atoms with van der Waals surface area (Å²) in [6.45, 7) is 0. The number of ether oxygens (including phenoxy) is 5. The van der Waals surface area contributed by atoms with E-state index in [0.717, 1.165) is 5.56 Å². The Morgan fingerprint density at radius 3 is 1.85 bits per heavy atom. The molecule has 0 aliphatic carbocycles. The van der Waals surface area contributed by atoms with E-state index >= 15 is 0 Å². The van der Waals surface area contributed by atoms with Crippen LogP contribution in [0.5, 0.6) is 0 Å². The van der Waals surface area contributed by atoms with Crippen molar-refractivity contribution in [3.63, 3.8) is 0 Å². The van der Waals surface area contributed by atoms with Crippen LogP contribution in [0.2, 0.25) is 0 Å². The van der Waals surface area contributed by atoms with Crippen molar-refractivity contribution < 1.29 is 23.7 Å². The van der Waals surface area contributed by atoms with Gasteiger partial charge in [-0.3, -0.25) is 0 Å². The van der Waals surface area contributed by atoms with Crippen molar-refractivity contribution in [1.29, 1.82) is 0 Å². The fourth-order valence-electron chi connectivity index (χ4n) is 2.69.